The molecule has 0 saturated heterocycles. The highest BCUT2D eigenvalue weighted by Crippen LogP contribution is 2.38. The number of nitrogens with zero attached hydrogens (tertiary/aromatic N) is 1. The fourth-order valence-electron chi connectivity index (χ4n) is 2.54. The summed E-state index contributed by atoms with van der Waals surface area (Å²) >= 11 is 3.55. The van der Waals surface area contributed by atoms with E-state index >= 15 is 0 Å². The van der Waals surface area contributed by atoms with E-state index in [2.05, 4.69) is 39.0 Å². The molecule has 0 spiro atoms. The van der Waals surface area contributed by atoms with E-state index < -0.39 is 0 Å². The highest BCUT2D eigenvalue weighted by molar-refractivity contribution is 9.10. The number of nitrogens with two attached hydrogens (primary N) is 1. The van der Waals surface area contributed by atoms with Gasteiger partial charge in [0.25, 0.3) is 0 Å². The van der Waals surface area contributed by atoms with Gasteiger partial charge in [-0.25, -0.2) is 0 Å². The van der Waals surface area contributed by atoms with Gasteiger partial charge in [0.2, 0.25) is 0 Å². The van der Waals surface area contributed by atoms with Gasteiger partial charge >= 0.3 is 0 Å². The maximum atomic E-state index is 5.89. The Balaban J connectivity index is 2.12. The van der Waals surface area contributed by atoms with E-state index in [1.54, 1.807) is 0 Å². The van der Waals surface area contributed by atoms with E-state index in [9.17, 15) is 0 Å². The molecule has 0 aromatic heterocycles. The van der Waals surface area contributed by atoms with Gasteiger partial charge in [0.15, 0.2) is 0 Å². The van der Waals surface area contributed by atoms with Crippen LogP contribution < -0.4 is 15.4 Å². The summed E-state index contributed by atoms with van der Waals surface area (Å²) in [7, 11) is 0. The molecule has 0 amide bonds. The zero-order chi connectivity index (χ0) is 13.9. The minimum absolute atomic E-state index is 0.530. The molecule has 2 N–H and O–H groups in total. The van der Waals surface area contributed by atoms with Gasteiger partial charge in [0.1, 0.15) is 5.75 Å². The van der Waals surface area contributed by atoms with Gasteiger partial charge in [-0.2, -0.15) is 0 Å². The SMILES string of the molecule is NCc1ccc(Br)cc1N1CCCOc2ccccc21. The van der Waals surface area contributed by atoms with Crippen LogP contribution in [0.4, 0.5) is 11.4 Å². The van der Waals surface area contributed by atoms with Gasteiger partial charge in [-0.3, -0.25) is 0 Å². The molecule has 104 valence electrons. The van der Waals surface area contributed by atoms with Crippen molar-refractivity contribution in [3.05, 3.63) is 52.5 Å². The third kappa shape index (κ3) is 2.53. The lowest BCUT2D eigenvalue weighted by atomic mass is 10.1. The zero-order valence-corrected chi connectivity index (χ0v) is 12.8. The lowest BCUT2D eigenvalue weighted by Gasteiger charge is -2.26. The van der Waals surface area contributed by atoms with E-state index in [1.807, 2.05) is 24.3 Å². The Morgan fingerprint density at radius 1 is 1.15 bits per heavy atom. The average Bonchev–Trinajstić information content (AvgIpc) is 2.69. The Morgan fingerprint density at radius 3 is 2.85 bits per heavy atom. The van der Waals surface area contributed by atoms with Gasteiger partial charge in [-0.05, 0) is 36.2 Å². The predicted octanol–water partition coefficient (Wildman–Crippen LogP) is 3.83. The Morgan fingerprint density at radius 2 is 2.00 bits per heavy atom. The average molecular weight is 333 g/mol. The van der Waals surface area contributed by atoms with Crippen molar-refractivity contribution in [2.45, 2.75) is 13.0 Å². The second kappa shape index (κ2) is 5.85. The first-order chi connectivity index (χ1) is 9.79. The second-order valence-electron chi connectivity index (χ2n) is 4.80. The van der Waals surface area contributed by atoms with Crippen molar-refractivity contribution in [3.63, 3.8) is 0 Å². The van der Waals surface area contributed by atoms with Crippen molar-refractivity contribution in [2.75, 3.05) is 18.1 Å². The molecule has 2 aromatic rings. The molecular formula is C16H17BrN2O. The van der Waals surface area contributed by atoms with Gasteiger partial charge in [0.05, 0.1) is 12.3 Å². The van der Waals surface area contributed by atoms with Crippen LogP contribution in [0.1, 0.15) is 12.0 Å². The molecule has 1 aliphatic heterocycles. The highest BCUT2D eigenvalue weighted by Gasteiger charge is 2.19. The molecule has 0 fully saturated rings. The largest absolute Gasteiger partial charge is 0.491 e. The maximum Gasteiger partial charge on any atom is 0.142 e. The summed E-state index contributed by atoms with van der Waals surface area (Å²) in [6.45, 7) is 2.21. The van der Waals surface area contributed by atoms with Crippen molar-refractivity contribution < 1.29 is 4.74 Å². The molecule has 2 aromatic carbocycles. The Labute approximate surface area is 127 Å². The van der Waals surface area contributed by atoms with Crippen LogP contribution in [0.2, 0.25) is 0 Å². The van der Waals surface area contributed by atoms with Crippen LogP contribution in [0.3, 0.4) is 0 Å². The maximum absolute atomic E-state index is 5.89. The third-order valence-corrected chi connectivity index (χ3v) is 3.99. The van der Waals surface area contributed by atoms with Crippen molar-refractivity contribution in [2.24, 2.45) is 5.73 Å². The van der Waals surface area contributed by atoms with E-state index in [1.165, 1.54) is 0 Å². The van der Waals surface area contributed by atoms with Crippen LogP contribution in [0, 0.1) is 0 Å². The van der Waals surface area contributed by atoms with E-state index in [4.69, 9.17) is 10.5 Å². The number of ether oxygens (including phenoxy) is 1. The van der Waals surface area contributed by atoms with Crippen LogP contribution in [-0.2, 0) is 6.54 Å². The molecule has 0 atom stereocenters. The lowest BCUT2D eigenvalue weighted by Crippen LogP contribution is -2.20. The Bertz CT molecular complexity index is 615. The highest BCUT2D eigenvalue weighted by atomic mass is 79.9. The number of fused-ring (bicyclic) bond motifs is 1. The Kier molecular flexibility index (Phi) is 3.94. The molecule has 0 radical (unpaired) electrons. The molecule has 3 rings (SSSR count). The summed E-state index contributed by atoms with van der Waals surface area (Å²) in [6.07, 6.45) is 0.991. The van der Waals surface area contributed by atoms with Crippen LogP contribution in [-0.4, -0.2) is 13.2 Å². The molecule has 0 saturated carbocycles. The number of hydrogen-bond acceptors (Lipinski definition) is 3. The molecule has 1 aliphatic rings. The molecule has 0 aliphatic carbocycles. The van der Waals surface area contributed by atoms with Gasteiger partial charge in [0, 0.05) is 23.2 Å². The van der Waals surface area contributed by atoms with Crippen LogP contribution >= 0.6 is 15.9 Å². The first-order valence-electron chi connectivity index (χ1n) is 6.77. The normalized spacial score (nSPS) is 14.4. The molecular weight excluding hydrogens is 316 g/mol. The van der Waals surface area contributed by atoms with Gasteiger partial charge < -0.3 is 15.4 Å². The summed E-state index contributed by atoms with van der Waals surface area (Å²) in [5.74, 6) is 0.938. The smallest absolute Gasteiger partial charge is 0.142 e. The zero-order valence-electron chi connectivity index (χ0n) is 11.2. The topological polar surface area (TPSA) is 38.5 Å². The number of anilines is 2. The fraction of sp³-hybridized carbons (Fsp3) is 0.250. The van der Waals surface area contributed by atoms with E-state index in [0.29, 0.717) is 6.54 Å². The quantitative estimate of drug-likeness (QED) is 0.908. The second-order valence-corrected chi connectivity index (χ2v) is 5.71. The summed E-state index contributed by atoms with van der Waals surface area (Å²) < 4.78 is 6.88. The van der Waals surface area contributed by atoms with Crippen molar-refractivity contribution in [1.29, 1.82) is 0 Å². The number of para-hydroxylation sites is 2. The molecule has 20 heavy (non-hydrogen) atoms. The predicted molar refractivity (Wildman–Crippen MR) is 85.6 cm³/mol. The van der Waals surface area contributed by atoms with Crippen molar-refractivity contribution in [1.82, 2.24) is 0 Å². The van der Waals surface area contributed by atoms with E-state index in [-0.39, 0.29) is 0 Å². The van der Waals surface area contributed by atoms with Gasteiger partial charge in [-0.15, -0.1) is 0 Å². The molecule has 0 unspecified atom stereocenters. The Hall–Kier alpha value is -1.52. The monoisotopic (exact) mass is 332 g/mol. The third-order valence-electron chi connectivity index (χ3n) is 3.50. The number of benzene rings is 2. The molecule has 0 bridgehead atoms. The van der Waals surface area contributed by atoms with Crippen molar-refractivity contribution >= 4 is 27.3 Å². The fourth-order valence-corrected chi connectivity index (χ4v) is 2.89. The number of rotatable bonds is 2. The summed E-state index contributed by atoms with van der Waals surface area (Å²) in [6, 6.07) is 14.4. The van der Waals surface area contributed by atoms with Crippen LogP contribution in [0.5, 0.6) is 5.75 Å². The summed E-state index contributed by atoms with van der Waals surface area (Å²) in [5.41, 5.74) is 9.30. The standard InChI is InChI=1S/C16H17BrN2O/c17-13-7-6-12(11-18)15(10-13)19-8-3-9-20-16-5-2-1-4-14(16)19/h1-2,4-7,10H,3,8-9,11,18H2. The van der Waals surface area contributed by atoms with Gasteiger partial charge in [-0.1, -0.05) is 34.1 Å². The van der Waals surface area contributed by atoms with E-state index in [0.717, 1.165) is 46.7 Å². The number of halogens is 1. The van der Waals surface area contributed by atoms with Crippen molar-refractivity contribution in [3.8, 4) is 5.75 Å². The lowest BCUT2D eigenvalue weighted by molar-refractivity contribution is 0.322. The number of hydrogen-bond donors (Lipinski definition) is 1. The summed E-state index contributed by atoms with van der Waals surface area (Å²) in [4.78, 5) is 2.30. The van der Waals surface area contributed by atoms with Crippen LogP contribution in [0.15, 0.2) is 46.9 Å². The first-order valence-corrected chi connectivity index (χ1v) is 7.57. The molecule has 1 heterocycles. The summed E-state index contributed by atoms with van der Waals surface area (Å²) in [5, 5.41) is 0. The molecule has 4 heteroatoms. The van der Waals surface area contributed by atoms with Crippen LogP contribution in [0.25, 0.3) is 0 Å². The first kappa shape index (κ1) is 13.5. The minimum atomic E-state index is 0.530. The minimum Gasteiger partial charge on any atom is -0.491 e. The molecule has 3 nitrogen and oxygen atoms in total.